The average molecular weight is 358 g/mol. The highest BCUT2D eigenvalue weighted by Gasteiger charge is 2.38. The second-order valence-corrected chi connectivity index (χ2v) is 10.7. The maximum atomic E-state index is 12.8. The minimum Gasteiger partial charge on any atom is -0.444 e. The molecule has 139 valence electrons. The first-order chi connectivity index (χ1) is 10.8. The molecular weight excluding hydrogens is 324 g/mol. The van der Waals surface area contributed by atoms with Crippen LogP contribution in [0.5, 0.6) is 0 Å². The van der Waals surface area contributed by atoms with Crippen LogP contribution in [0.15, 0.2) is 0 Å². The third-order valence-electron chi connectivity index (χ3n) is 3.94. The molecule has 2 atom stereocenters. The van der Waals surface area contributed by atoms with E-state index in [9.17, 15) is 9.59 Å². The molecule has 0 aromatic carbocycles. The molecule has 0 unspecified atom stereocenters. The van der Waals surface area contributed by atoms with Gasteiger partial charge in [-0.05, 0) is 58.0 Å². The lowest BCUT2D eigenvalue weighted by Gasteiger charge is -2.33. The van der Waals surface area contributed by atoms with E-state index in [0.29, 0.717) is 18.9 Å². The van der Waals surface area contributed by atoms with Gasteiger partial charge < -0.3 is 14.6 Å². The Bertz CT molecular complexity index is 454. The van der Waals surface area contributed by atoms with Gasteiger partial charge in [-0.1, -0.05) is 20.8 Å². The summed E-state index contributed by atoms with van der Waals surface area (Å²) in [6.45, 7) is 16.5. The number of alkyl carbamates (subject to hydrolysis) is 1. The van der Waals surface area contributed by atoms with Crippen LogP contribution in [0.1, 0.15) is 54.4 Å². The molecule has 24 heavy (non-hydrogen) atoms. The first kappa shape index (κ1) is 21.0. The Morgan fingerprint density at radius 1 is 1.17 bits per heavy atom. The van der Waals surface area contributed by atoms with Crippen LogP contribution in [0.4, 0.5) is 4.79 Å². The molecule has 2 amide bonds. The van der Waals surface area contributed by atoms with E-state index in [1.165, 1.54) is 5.06 Å². The van der Waals surface area contributed by atoms with Crippen LogP contribution in [0.25, 0.3) is 0 Å². The third kappa shape index (κ3) is 6.81. The fraction of sp³-hybridized carbons (Fsp3) is 0.882. The summed E-state index contributed by atoms with van der Waals surface area (Å²) in [7, 11) is -1.07. The van der Waals surface area contributed by atoms with Crippen molar-refractivity contribution in [2.45, 2.75) is 79.1 Å². The van der Waals surface area contributed by atoms with Crippen LogP contribution < -0.4 is 5.32 Å². The van der Waals surface area contributed by atoms with E-state index < -0.39 is 26.8 Å². The van der Waals surface area contributed by atoms with Crippen molar-refractivity contribution in [1.29, 1.82) is 0 Å². The molecule has 6 nitrogen and oxygen atoms in total. The zero-order valence-electron chi connectivity index (χ0n) is 16.4. The number of carbonyl (C=O) groups is 2. The molecule has 1 aliphatic heterocycles. The molecule has 0 aromatic rings. The number of rotatable bonds is 3. The van der Waals surface area contributed by atoms with E-state index in [0.717, 1.165) is 6.42 Å². The molecule has 1 rings (SSSR count). The number of carbonyl (C=O) groups excluding carboxylic acids is 2. The van der Waals surface area contributed by atoms with Gasteiger partial charge in [0.1, 0.15) is 11.6 Å². The molecule has 0 spiro atoms. The highest BCUT2D eigenvalue weighted by molar-refractivity contribution is 6.48. The molecule has 1 fully saturated rings. The van der Waals surface area contributed by atoms with Gasteiger partial charge in [-0.2, -0.15) is 0 Å². The highest BCUT2D eigenvalue weighted by Crippen LogP contribution is 2.33. The average Bonchev–Trinajstić information content (AvgIpc) is 2.48. The number of ether oxygens (including phenoxy) is 1. The number of hydroxylamine groups is 2. The van der Waals surface area contributed by atoms with Gasteiger partial charge in [-0.15, -0.1) is 0 Å². The minimum atomic E-state index is -1.07. The number of hydrogen-bond donors (Lipinski definition) is 1. The lowest BCUT2D eigenvalue weighted by atomic mass is 9.78. The van der Waals surface area contributed by atoms with Gasteiger partial charge in [-0.3, -0.25) is 4.79 Å². The van der Waals surface area contributed by atoms with E-state index in [-0.39, 0.29) is 11.3 Å². The van der Waals surface area contributed by atoms with Crippen LogP contribution in [0.2, 0.25) is 13.1 Å². The summed E-state index contributed by atoms with van der Waals surface area (Å²) in [6.07, 6.45) is 0.883. The fourth-order valence-corrected chi connectivity index (χ4v) is 3.25. The predicted molar refractivity (Wildman–Crippen MR) is 95.6 cm³/mol. The zero-order chi connectivity index (χ0) is 18.7. The van der Waals surface area contributed by atoms with Crippen molar-refractivity contribution in [2.75, 3.05) is 6.54 Å². The van der Waals surface area contributed by atoms with Crippen molar-refractivity contribution < 1.29 is 18.9 Å². The molecule has 0 aromatic heterocycles. The van der Waals surface area contributed by atoms with Crippen molar-refractivity contribution in [1.82, 2.24) is 10.4 Å². The minimum absolute atomic E-state index is 0.0666. The standard InChI is InChI=1S/C17H33N2O4Si/c1-16(2,3)12-9-10-13(18-15(21)22-17(4,5)6)14(20)19(11-12)23-24(7)8/h12-13H,9-11H2,1-8H3,(H,18,21)/t12-,13-/m0/s1. The normalized spacial score (nSPS) is 23.2. The van der Waals surface area contributed by atoms with Gasteiger partial charge in [0, 0.05) is 0 Å². The fourth-order valence-electron chi connectivity index (χ4n) is 2.64. The monoisotopic (exact) mass is 357 g/mol. The largest absolute Gasteiger partial charge is 0.444 e. The second kappa shape index (κ2) is 7.87. The summed E-state index contributed by atoms with van der Waals surface area (Å²) in [5, 5.41) is 4.19. The molecule has 1 N–H and O–H groups in total. The summed E-state index contributed by atoms with van der Waals surface area (Å²) in [5.41, 5.74) is -0.526. The molecule has 0 bridgehead atoms. The lowest BCUT2D eigenvalue weighted by molar-refractivity contribution is -0.162. The Balaban J connectivity index is 2.89. The maximum Gasteiger partial charge on any atom is 0.408 e. The van der Waals surface area contributed by atoms with Gasteiger partial charge in [0.15, 0.2) is 0 Å². The maximum absolute atomic E-state index is 12.8. The number of nitrogens with one attached hydrogen (secondary N) is 1. The van der Waals surface area contributed by atoms with Gasteiger partial charge in [-0.25, -0.2) is 9.86 Å². The van der Waals surface area contributed by atoms with Crippen molar-refractivity contribution in [3.05, 3.63) is 0 Å². The van der Waals surface area contributed by atoms with Gasteiger partial charge >= 0.3 is 6.09 Å². The highest BCUT2D eigenvalue weighted by atomic mass is 28.3. The van der Waals surface area contributed by atoms with Crippen LogP contribution >= 0.6 is 0 Å². The van der Waals surface area contributed by atoms with E-state index in [2.05, 4.69) is 26.1 Å². The summed E-state index contributed by atoms with van der Waals surface area (Å²) in [5.74, 6) is 0.132. The van der Waals surface area contributed by atoms with Gasteiger partial charge in [0.2, 0.25) is 9.04 Å². The van der Waals surface area contributed by atoms with E-state index >= 15 is 0 Å². The topological polar surface area (TPSA) is 67.9 Å². The predicted octanol–water partition coefficient (Wildman–Crippen LogP) is 3.35. The first-order valence-electron chi connectivity index (χ1n) is 8.58. The Morgan fingerprint density at radius 2 is 1.75 bits per heavy atom. The van der Waals surface area contributed by atoms with E-state index in [1.807, 2.05) is 13.1 Å². The smallest absolute Gasteiger partial charge is 0.408 e. The van der Waals surface area contributed by atoms with Crippen LogP contribution in [-0.4, -0.2) is 44.3 Å². The Kier molecular flexibility index (Phi) is 6.87. The molecule has 0 saturated carbocycles. The summed E-state index contributed by atoms with van der Waals surface area (Å²) in [6, 6.07) is -0.603. The van der Waals surface area contributed by atoms with Crippen molar-refractivity contribution in [3.63, 3.8) is 0 Å². The Hall–Kier alpha value is -1.08. The quantitative estimate of drug-likeness (QED) is 0.787. The summed E-state index contributed by atoms with van der Waals surface area (Å²) < 4.78 is 11.1. The summed E-state index contributed by atoms with van der Waals surface area (Å²) >= 11 is 0. The molecule has 0 aliphatic carbocycles. The second-order valence-electron chi connectivity index (χ2n) is 8.74. The van der Waals surface area contributed by atoms with Gasteiger partial charge in [0.05, 0.1) is 6.54 Å². The zero-order valence-corrected chi connectivity index (χ0v) is 17.4. The van der Waals surface area contributed by atoms with Crippen LogP contribution in [0.3, 0.4) is 0 Å². The first-order valence-corrected chi connectivity index (χ1v) is 11.0. The van der Waals surface area contributed by atoms with Gasteiger partial charge in [0.25, 0.3) is 5.91 Å². The number of nitrogens with zero attached hydrogens (tertiary/aromatic N) is 1. The van der Waals surface area contributed by atoms with E-state index in [1.54, 1.807) is 20.8 Å². The molecule has 1 aliphatic rings. The molecule has 1 radical (unpaired) electrons. The molecule has 1 saturated heterocycles. The number of hydrogen-bond acceptors (Lipinski definition) is 4. The Morgan fingerprint density at radius 3 is 2.21 bits per heavy atom. The third-order valence-corrected chi connectivity index (χ3v) is 4.53. The van der Waals surface area contributed by atoms with Crippen molar-refractivity contribution in [3.8, 4) is 0 Å². The molecule has 7 heteroatoms. The van der Waals surface area contributed by atoms with Crippen molar-refractivity contribution >= 4 is 21.0 Å². The van der Waals surface area contributed by atoms with E-state index in [4.69, 9.17) is 9.26 Å². The lowest BCUT2D eigenvalue weighted by Crippen LogP contribution is -2.50. The van der Waals surface area contributed by atoms with Crippen molar-refractivity contribution in [2.24, 2.45) is 11.3 Å². The van der Waals surface area contributed by atoms with Crippen LogP contribution in [0, 0.1) is 11.3 Å². The number of amides is 2. The Labute approximate surface area is 147 Å². The molecule has 1 heterocycles. The SMILES string of the molecule is C[Si](C)ON1C[C@@H](C(C)(C)C)CC[C@H](NC(=O)OC(C)(C)C)C1=O. The summed E-state index contributed by atoms with van der Waals surface area (Å²) in [4.78, 5) is 24.9. The molecular formula is C17H33N2O4Si. The van der Waals surface area contributed by atoms with Crippen LogP contribution in [-0.2, 0) is 14.1 Å².